The maximum absolute atomic E-state index is 5.85. The lowest BCUT2D eigenvalue weighted by Gasteiger charge is -2.11. The fourth-order valence-corrected chi connectivity index (χ4v) is 1.28. The standard InChI is InChI=1S/C12H19NO4/c1-14-6-7-16-8-9-17-11-5-3-4-10(15-2)12(11)13/h3-5H,6-9,13H2,1-2H3. The van der Waals surface area contributed by atoms with Crippen molar-refractivity contribution in [2.45, 2.75) is 0 Å². The maximum atomic E-state index is 5.85. The summed E-state index contributed by atoms with van der Waals surface area (Å²) in [5.41, 5.74) is 6.35. The average Bonchev–Trinajstić information content (AvgIpc) is 2.35. The van der Waals surface area contributed by atoms with Gasteiger partial charge in [-0.25, -0.2) is 0 Å². The van der Waals surface area contributed by atoms with Crippen LogP contribution in [0.4, 0.5) is 5.69 Å². The van der Waals surface area contributed by atoms with E-state index in [0.29, 0.717) is 43.6 Å². The van der Waals surface area contributed by atoms with Crippen molar-refractivity contribution in [2.24, 2.45) is 0 Å². The minimum atomic E-state index is 0.446. The normalized spacial score (nSPS) is 10.2. The van der Waals surface area contributed by atoms with Crippen molar-refractivity contribution >= 4 is 5.69 Å². The smallest absolute Gasteiger partial charge is 0.146 e. The van der Waals surface area contributed by atoms with E-state index in [1.165, 1.54) is 0 Å². The summed E-state index contributed by atoms with van der Waals surface area (Å²) in [5.74, 6) is 1.22. The molecule has 1 rings (SSSR count). The van der Waals surface area contributed by atoms with E-state index in [9.17, 15) is 0 Å². The summed E-state index contributed by atoms with van der Waals surface area (Å²) in [6.07, 6.45) is 0. The number of benzene rings is 1. The van der Waals surface area contributed by atoms with E-state index in [0.717, 1.165) is 0 Å². The average molecular weight is 241 g/mol. The first kappa shape index (κ1) is 13.6. The molecule has 0 spiro atoms. The van der Waals surface area contributed by atoms with Gasteiger partial charge in [0.05, 0.1) is 26.9 Å². The molecule has 5 nitrogen and oxygen atoms in total. The molecule has 0 saturated heterocycles. The number of anilines is 1. The molecule has 0 aromatic heterocycles. The molecule has 0 radical (unpaired) electrons. The predicted octanol–water partition coefficient (Wildman–Crippen LogP) is 1.32. The summed E-state index contributed by atoms with van der Waals surface area (Å²) < 4.78 is 20.7. The lowest BCUT2D eigenvalue weighted by atomic mass is 10.3. The lowest BCUT2D eigenvalue weighted by molar-refractivity contribution is 0.0545. The van der Waals surface area contributed by atoms with Crippen LogP contribution in [0.5, 0.6) is 11.5 Å². The van der Waals surface area contributed by atoms with Gasteiger partial charge in [0.25, 0.3) is 0 Å². The number of hydrogen-bond donors (Lipinski definition) is 1. The van der Waals surface area contributed by atoms with E-state index in [1.54, 1.807) is 26.4 Å². The summed E-state index contributed by atoms with van der Waals surface area (Å²) in [6, 6.07) is 5.42. The fraction of sp³-hybridized carbons (Fsp3) is 0.500. The molecule has 0 bridgehead atoms. The van der Waals surface area contributed by atoms with Crippen molar-refractivity contribution in [1.29, 1.82) is 0 Å². The van der Waals surface area contributed by atoms with Gasteiger partial charge in [0.15, 0.2) is 0 Å². The Bertz CT molecular complexity index is 330. The first-order valence-electron chi connectivity index (χ1n) is 5.41. The molecule has 0 heterocycles. The van der Waals surface area contributed by atoms with Gasteiger partial charge >= 0.3 is 0 Å². The molecule has 0 atom stereocenters. The van der Waals surface area contributed by atoms with Crippen LogP contribution in [0.25, 0.3) is 0 Å². The Morgan fingerprint density at radius 1 is 1.00 bits per heavy atom. The largest absolute Gasteiger partial charge is 0.494 e. The third-order valence-electron chi connectivity index (χ3n) is 2.16. The summed E-state index contributed by atoms with van der Waals surface area (Å²) >= 11 is 0. The van der Waals surface area contributed by atoms with E-state index in [4.69, 9.17) is 24.7 Å². The van der Waals surface area contributed by atoms with Gasteiger partial charge < -0.3 is 24.7 Å². The van der Waals surface area contributed by atoms with Crippen molar-refractivity contribution in [3.05, 3.63) is 18.2 Å². The van der Waals surface area contributed by atoms with Gasteiger partial charge in [-0.15, -0.1) is 0 Å². The maximum Gasteiger partial charge on any atom is 0.146 e. The minimum absolute atomic E-state index is 0.446. The first-order chi connectivity index (χ1) is 8.29. The number of para-hydroxylation sites is 1. The fourth-order valence-electron chi connectivity index (χ4n) is 1.28. The number of nitrogen functional groups attached to an aromatic ring is 1. The highest BCUT2D eigenvalue weighted by Crippen LogP contribution is 2.30. The van der Waals surface area contributed by atoms with Gasteiger partial charge in [-0.05, 0) is 12.1 Å². The molecule has 2 N–H and O–H groups in total. The quantitative estimate of drug-likeness (QED) is 0.549. The van der Waals surface area contributed by atoms with Gasteiger partial charge in [0.2, 0.25) is 0 Å². The molecule has 0 unspecified atom stereocenters. The summed E-state index contributed by atoms with van der Waals surface area (Å²) in [6.45, 7) is 2.09. The molecule has 0 amide bonds. The monoisotopic (exact) mass is 241 g/mol. The Balaban J connectivity index is 2.31. The van der Waals surface area contributed by atoms with Crippen LogP contribution in [-0.2, 0) is 9.47 Å². The zero-order valence-electron chi connectivity index (χ0n) is 10.3. The molecule has 1 aromatic carbocycles. The molecular formula is C12H19NO4. The van der Waals surface area contributed by atoms with E-state index in [2.05, 4.69) is 0 Å². The molecule has 0 aliphatic rings. The highest BCUT2D eigenvalue weighted by Gasteiger charge is 2.05. The third kappa shape index (κ3) is 4.50. The van der Waals surface area contributed by atoms with E-state index in [-0.39, 0.29) is 0 Å². The van der Waals surface area contributed by atoms with E-state index >= 15 is 0 Å². The van der Waals surface area contributed by atoms with Gasteiger partial charge in [-0.3, -0.25) is 0 Å². The van der Waals surface area contributed by atoms with Crippen LogP contribution in [0.3, 0.4) is 0 Å². The van der Waals surface area contributed by atoms with Crippen LogP contribution < -0.4 is 15.2 Å². The third-order valence-corrected chi connectivity index (χ3v) is 2.16. The second kappa shape index (κ2) is 7.76. The van der Waals surface area contributed by atoms with Crippen molar-refractivity contribution in [3.8, 4) is 11.5 Å². The molecule has 96 valence electrons. The predicted molar refractivity (Wildman–Crippen MR) is 65.6 cm³/mol. The number of ether oxygens (including phenoxy) is 4. The van der Waals surface area contributed by atoms with Crippen molar-refractivity contribution in [3.63, 3.8) is 0 Å². The highest BCUT2D eigenvalue weighted by atomic mass is 16.5. The molecule has 0 fully saturated rings. The second-order valence-corrected chi connectivity index (χ2v) is 3.33. The van der Waals surface area contributed by atoms with Crippen molar-refractivity contribution in [1.82, 2.24) is 0 Å². The Morgan fingerprint density at radius 2 is 1.71 bits per heavy atom. The van der Waals surface area contributed by atoms with Crippen molar-refractivity contribution in [2.75, 3.05) is 46.4 Å². The molecule has 5 heteroatoms. The Labute approximate surface area is 101 Å². The van der Waals surface area contributed by atoms with Gasteiger partial charge in [-0.2, -0.15) is 0 Å². The highest BCUT2D eigenvalue weighted by molar-refractivity contribution is 5.62. The number of nitrogens with two attached hydrogens (primary N) is 1. The molecule has 0 aliphatic carbocycles. The first-order valence-corrected chi connectivity index (χ1v) is 5.41. The van der Waals surface area contributed by atoms with Gasteiger partial charge in [0.1, 0.15) is 23.8 Å². The Hall–Kier alpha value is -1.46. The van der Waals surface area contributed by atoms with Gasteiger partial charge in [-0.1, -0.05) is 6.07 Å². The Morgan fingerprint density at radius 3 is 2.41 bits per heavy atom. The van der Waals surface area contributed by atoms with Crippen LogP contribution in [0.1, 0.15) is 0 Å². The second-order valence-electron chi connectivity index (χ2n) is 3.33. The minimum Gasteiger partial charge on any atom is -0.494 e. The van der Waals surface area contributed by atoms with Crippen molar-refractivity contribution < 1.29 is 18.9 Å². The SMILES string of the molecule is COCCOCCOc1cccc(OC)c1N. The van der Waals surface area contributed by atoms with E-state index in [1.807, 2.05) is 6.07 Å². The zero-order chi connectivity index (χ0) is 12.5. The molecule has 1 aromatic rings. The number of rotatable bonds is 8. The summed E-state index contributed by atoms with van der Waals surface area (Å²) in [7, 11) is 3.21. The van der Waals surface area contributed by atoms with Crippen LogP contribution in [0, 0.1) is 0 Å². The Kier molecular flexibility index (Phi) is 6.21. The summed E-state index contributed by atoms with van der Waals surface area (Å²) in [4.78, 5) is 0. The van der Waals surface area contributed by atoms with Crippen LogP contribution in [0.15, 0.2) is 18.2 Å². The van der Waals surface area contributed by atoms with Gasteiger partial charge in [0, 0.05) is 7.11 Å². The molecular weight excluding hydrogens is 222 g/mol. The van der Waals surface area contributed by atoms with Crippen LogP contribution in [-0.4, -0.2) is 40.6 Å². The number of hydrogen-bond acceptors (Lipinski definition) is 5. The topological polar surface area (TPSA) is 62.9 Å². The molecule has 0 aliphatic heterocycles. The van der Waals surface area contributed by atoms with Crippen LogP contribution in [0.2, 0.25) is 0 Å². The lowest BCUT2D eigenvalue weighted by Crippen LogP contribution is -2.10. The molecule has 17 heavy (non-hydrogen) atoms. The zero-order valence-corrected chi connectivity index (χ0v) is 10.3. The summed E-state index contributed by atoms with van der Waals surface area (Å²) in [5, 5.41) is 0. The van der Waals surface area contributed by atoms with E-state index < -0.39 is 0 Å². The molecule has 0 saturated carbocycles. The van der Waals surface area contributed by atoms with Crippen LogP contribution >= 0.6 is 0 Å². The number of methoxy groups -OCH3 is 2.